The van der Waals surface area contributed by atoms with Gasteiger partial charge in [-0.15, -0.1) is 0 Å². The monoisotopic (exact) mass is 355 g/mol. The van der Waals surface area contributed by atoms with Gasteiger partial charge in [-0.25, -0.2) is 14.2 Å². The van der Waals surface area contributed by atoms with Crippen molar-refractivity contribution in [3.63, 3.8) is 0 Å². The van der Waals surface area contributed by atoms with Gasteiger partial charge in [0.25, 0.3) is 0 Å². The molecule has 134 valence electrons. The minimum Gasteiger partial charge on any atom is -0.505 e. The Morgan fingerprint density at radius 3 is 2.50 bits per heavy atom. The number of aromatic hydroxyl groups is 1. The molecule has 0 spiro atoms. The van der Waals surface area contributed by atoms with Crippen molar-refractivity contribution in [2.24, 2.45) is 0 Å². The summed E-state index contributed by atoms with van der Waals surface area (Å²) >= 11 is 0. The van der Waals surface area contributed by atoms with E-state index in [1.165, 1.54) is 24.3 Å². The minimum absolute atomic E-state index is 0.132. The number of nitrogens with zero attached hydrogens (tertiary/aromatic N) is 1. The number of halogens is 1. The van der Waals surface area contributed by atoms with Gasteiger partial charge in [0.15, 0.2) is 11.4 Å². The molecule has 0 saturated heterocycles. The standard InChI is InChI=1S/C20H18FNO4/c1-2-3-12-25-20(24)17-18(23)15-6-4-5-7-16(15)19(22-17)26-14-10-8-13(21)9-11-14/h4-11,23H,2-3,12H2,1H3. The molecular formula is C20H18FNO4. The van der Waals surface area contributed by atoms with Crippen molar-refractivity contribution in [3.8, 4) is 17.4 Å². The molecule has 0 unspecified atom stereocenters. The summed E-state index contributed by atoms with van der Waals surface area (Å²) in [6.07, 6.45) is 1.60. The molecule has 1 heterocycles. The number of hydrogen-bond donors (Lipinski definition) is 1. The average Bonchev–Trinajstić information content (AvgIpc) is 2.66. The van der Waals surface area contributed by atoms with E-state index in [9.17, 15) is 14.3 Å². The van der Waals surface area contributed by atoms with Crippen LogP contribution in [0.2, 0.25) is 0 Å². The topological polar surface area (TPSA) is 68.7 Å². The van der Waals surface area contributed by atoms with Crippen LogP contribution in [0.5, 0.6) is 17.4 Å². The highest BCUT2D eigenvalue weighted by molar-refractivity contribution is 6.01. The number of hydrogen-bond acceptors (Lipinski definition) is 5. The molecule has 26 heavy (non-hydrogen) atoms. The number of unbranched alkanes of at least 4 members (excludes halogenated alkanes) is 1. The molecular weight excluding hydrogens is 337 g/mol. The molecule has 0 aliphatic heterocycles. The predicted molar refractivity (Wildman–Crippen MR) is 95.1 cm³/mol. The van der Waals surface area contributed by atoms with Crippen LogP contribution in [0.15, 0.2) is 48.5 Å². The number of benzene rings is 2. The van der Waals surface area contributed by atoms with Crippen molar-refractivity contribution >= 4 is 16.7 Å². The van der Waals surface area contributed by atoms with E-state index in [1.54, 1.807) is 24.3 Å². The first kappa shape index (κ1) is 17.7. The van der Waals surface area contributed by atoms with E-state index in [1.807, 2.05) is 6.92 Å². The molecule has 0 bridgehead atoms. The van der Waals surface area contributed by atoms with Crippen LogP contribution in [-0.2, 0) is 4.74 Å². The van der Waals surface area contributed by atoms with Crippen LogP contribution in [0.25, 0.3) is 10.8 Å². The van der Waals surface area contributed by atoms with E-state index in [-0.39, 0.29) is 29.7 Å². The molecule has 0 fully saturated rings. The molecule has 0 radical (unpaired) electrons. The van der Waals surface area contributed by atoms with Crippen molar-refractivity contribution in [2.45, 2.75) is 19.8 Å². The second-order valence-electron chi connectivity index (χ2n) is 5.71. The van der Waals surface area contributed by atoms with E-state index in [0.29, 0.717) is 16.5 Å². The maximum absolute atomic E-state index is 13.1. The molecule has 6 heteroatoms. The number of carbonyl (C=O) groups excluding carboxylic acids is 1. The van der Waals surface area contributed by atoms with Crippen LogP contribution in [0.3, 0.4) is 0 Å². The molecule has 5 nitrogen and oxygen atoms in total. The zero-order valence-electron chi connectivity index (χ0n) is 14.2. The SMILES string of the molecule is CCCCOC(=O)c1nc(Oc2ccc(F)cc2)c2ccccc2c1O. The fourth-order valence-corrected chi connectivity index (χ4v) is 2.43. The molecule has 2 aromatic carbocycles. The Morgan fingerprint density at radius 2 is 1.81 bits per heavy atom. The minimum atomic E-state index is -0.717. The Bertz CT molecular complexity index is 925. The van der Waals surface area contributed by atoms with Crippen molar-refractivity contribution in [3.05, 3.63) is 60.0 Å². The Hall–Kier alpha value is -3.15. The molecule has 3 aromatic rings. The normalized spacial score (nSPS) is 10.7. The summed E-state index contributed by atoms with van der Waals surface area (Å²) in [7, 11) is 0. The summed E-state index contributed by atoms with van der Waals surface area (Å²) in [5, 5.41) is 11.4. The third-order valence-corrected chi connectivity index (χ3v) is 3.80. The summed E-state index contributed by atoms with van der Waals surface area (Å²) < 4.78 is 24.0. The molecule has 0 atom stereocenters. The molecule has 0 aliphatic carbocycles. The number of esters is 1. The van der Waals surface area contributed by atoms with Crippen LogP contribution < -0.4 is 4.74 Å². The lowest BCUT2D eigenvalue weighted by Crippen LogP contribution is -2.10. The fraction of sp³-hybridized carbons (Fsp3) is 0.200. The Balaban J connectivity index is 2.02. The number of rotatable bonds is 6. The zero-order valence-corrected chi connectivity index (χ0v) is 14.2. The van der Waals surface area contributed by atoms with Gasteiger partial charge >= 0.3 is 5.97 Å². The maximum Gasteiger partial charge on any atom is 0.360 e. The smallest absolute Gasteiger partial charge is 0.360 e. The van der Waals surface area contributed by atoms with Gasteiger partial charge in [0.1, 0.15) is 11.6 Å². The van der Waals surface area contributed by atoms with Crippen LogP contribution in [0.4, 0.5) is 4.39 Å². The van der Waals surface area contributed by atoms with Crippen molar-refractivity contribution in [1.82, 2.24) is 4.98 Å². The van der Waals surface area contributed by atoms with Crippen LogP contribution >= 0.6 is 0 Å². The van der Waals surface area contributed by atoms with Gasteiger partial charge < -0.3 is 14.6 Å². The lowest BCUT2D eigenvalue weighted by molar-refractivity contribution is 0.0488. The lowest BCUT2D eigenvalue weighted by Gasteiger charge is -2.12. The van der Waals surface area contributed by atoms with Crippen molar-refractivity contribution < 1.29 is 23.8 Å². The van der Waals surface area contributed by atoms with E-state index >= 15 is 0 Å². The van der Waals surface area contributed by atoms with Crippen molar-refractivity contribution in [1.29, 1.82) is 0 Å². The van der Waals surface area contributed by atoms with Crippen LogP contribution in [0.1, 0.15) is 30.3 Å². The third kappa shape index (κ3) is 3.74. The predicted octanol–water partition coefficient (Wildman–Crippen LogP) is 4.83. The molecule has 0 saturated carbocycles. The largest absolute Gasteiger partial charge is 0.505 e. The third-order valence-electron chi connectivity index (χ3n) is 3.80. The second kappa shape index (κ2) is 7.82. The van der Waals surface area contributed by atoms with E-state index in [4.69, 9.17) is 9.47 Å². The lowest BCUT2D eigenvalue weighted by atomic mass is 10.1. The van der Waals surface area contributed by atoms with Gasteiger partial charge in [-0.05, 0) is 36.8 Å². The number of ether oxygens (including phenoxy) is 2. The van der Waals surface area contributed by atoms with E-state index in [2.05, 4.69) is 4.98 Å². The quantitative estimate of drug-likeness (QED) is 0.507. The number of fused-ring (bicyclic) bond motifs is 1. The molecule has 3 rings (SSSR count). The van der Waals surface area contributed by atoms with Crippen molar-refractivity contribution in [2.75, 3.05) is 6.61 Å². The average molecular weight is 355 g/mol. The van der Waals surface area contributed by atoms with Crippen LogP contribution in [0, 0.1) is 5.82 Å². The summed E-state index contributed by atoms with van der Waals surface area (Å²) in [6, 6.07) is 12.3. The summed E-state index contributed by atoms with van der Waals surface area (Å²) in [5.41, 5.74) is -0.211. The summed E-state index contributed by atoms with van der Waals surface area (Å²) in [5.74, 6) is -0.868. The number of carbonyl (C=O) groups is 1. The highest BCUT2D eigenvalue weighted by Crippen LogP contribution is 2.35. The van der Waals surface area contributed by atoms with Gasteiger partial charge in [-0.1, -0.05) is 31.5 Å². The van der Waals surface area contributed by atoms with Crippen LogP contribution in [-0.4, -0.2) is 22.7 Å². The fourth-order valence-electron chi connectivity index (χ4n) is 2.43. The first-order chi connectivity index (χ1) is 12.6. The van der Waals surface area contributed by atoms with Gasteiger partial charge in [0.05, 0.1) is 6.61 Å². The Labute approximate surface area is 150 Å². The van der Waals surface area contributed by atoms with Gasteiger partial charge in [-0.2, -0.15) is 0 Å². The molecule has 1 aromatic heterocycles. The molecule has 0 amide bonds. The first-order valence-electron chi connectivity index (χ1n) is 8.32. The van der Waals surface area contributed by atoms with E-state index in [0.717, 1.165) is 12.8 Å². The zero-order chi connectivity index (χ0) is 18.5. The maximum atomic E-state index is 13.1. The van der Waals surface area contributed by atoms with E-state index < -0.39 is 5.97 Å². The highest BCUT2D eigenvalue weighted by Gasteiger charge is 2.21. The summed E-state index contributed by atoms with van der Waals surface area (Å²) in [6.45, 7) is 2.23. The molecule has 1 N–H and O–H groups in total. The van der Waals surface area contributed by atoms with Gasteiger partial charge in [0, 0.05) is 10.8 Å². The Kier molecular flexibility index (Phi) is 5.31. The second-order valence-corrected chi connectivity index (χ2v) is 5.71. The highest BCUT2D eigenvalue weighted by atomic mass is 19.1. The Morgan fingerprint density at radius 1 is 1.12 bits per heavy atom. The van der Waals surface area contributed by atoms with Gasteiger partial charge in [-0.3, -0.25) is 0 Å². The van der Waals surface area contributed by atoms with Gasteiger partial charge in [0.2, 0.25) is 5.88 Å². The summed E-state index contributed by atoms with van der Waals surface area (Å²) in [4.78, 5) is 16.4. The number of aromatic nitrogens is 1. The number of pyridine rings is 1. The first-order valence-corrected chi connectivity index (χ1v) is 8.32. The molecule has 0 aliphatic rings.